The van der Waals surface area contributed by atoms with Crippen LogP contribution in [0.5, 0.6) is 11.5 Å². The fourth-order valence-corrected chi connectivity index (χ4v) is 5.44. The number of hydrogen-bond donors (Lipinski definition) is 1. The molecule has 2 aromatic heterocycles. The molecule has 1 aliphatic rings. The van der Waals surface area contributed by atoms with Gasteiger partial charge in [-0.05, 0) is 48.0 Å². The van der Waals surface area contributed by atoms with E-state index in [4.69, 9.17) is 9.47 Å². The van der Waals surface area contributed by atoms with Gasteiger partial charge in [-0.3, -0.25) is 9.78 Å². The third-order valence-electron chi connectivity index (χ3n) is 5.46. The largest absolute Gasteiger partial charge is 0.486 e. The number of hydrogen-bond acceptors (Lipinski definition) is 6. The van der Waals surface area contributed by atoms with Crippen molar-refractivity contribution in [2.45, 2.75) is 18.0 Å². The van der Waals surface area contributed by atoms with Crippen LogP contribution in [-0.2, 0) is 23.1 Å². The van der Waals surface area contributed by atoms with Crippen molar-refractivity contribution in [1.29, 1.82) is 0 Å². The van der Waals surface area contributed by atoms with Gasteiger partial charge in [0.15, 0.2) is 11.5 Å². The summed E-state index contributed by atoms with van der Waals surface area (Å²) in [4.78, 5) is 20.0. The van der Waals surface area contributed by atoms with Crippen molar-refractivity contribution >= 4 is 36.9 Å². The van der Waals surface area contributed by atoms with Crippen LogP contribution in [0.25, 0.3) is 10.9 Å². The maximum atomic E-state index is 13.6. The van der Waals surface area contributed by atoms with E-state index in [0.717, 1.165) is 9.86 Å². The molecule has 5 rings (SSSR count). The van der Waals surface area contributed by atoms with Crippen LogP contribution in [0.4, 0.5) is 0 Å². The van der Waals surface area contributed by atoms with Gasteiger partial charge in [0, 0.05) is 47.0 Å². The Morgan fingerprint density at radius 2 is 1.74 bits per heavy atom. The first-order chi connectivity index (χ1) is 16.4. The van der Waals surface area contributed by atoms with Crippen molar-refractivity contribution in [1.82, 2.24) is 14.3 Å². The van der Waals surface area contributed by atoms with Crippen LogP contribution in [0.1, 0.15) is 11.1 Å². The molecule has 1 N–H and O–H groups in total. The van der Waals surface area contributed by atoms with Crippen molar-refractivity contribution in [2.24, 2.45) is 0 Å². The summed E-state index contributed by atoms with van der Waals surface area (Å²) in [6.07, 6.45) is 3.23. The minimum absolute atomic E-state index is 0.0604. The number of fused-ring (bicyclic) bond motifs is 2. The maximum Gasteiger partial charge on any atom is 0.252 e. The molecule has 10 heteroatoms. The summed E-state index contributed by atoms with van der Waals surface area (Å²) < 4.78 is 40.4. The van der Waals surface area contributed by atoms with Gasteiger partial charge < -0.3 is 14.5 Å². The molecule has 0 fully saturated rings. The van der Waals surface area contributed by atoms with E-state index in [2.05, 4.69) is 25.9 Å². The molecule has 0 bridgehead atoms. The molecule has 3 heterocycles. The zero-order chi connectivity index (χ0) is 23.7. The lowest BCUT2D eigenvalue weighted by Crippen LogP contribution is -2.32. The Morgan fingerprint density at radius 1 is 1.00 bits per heavy atom. The Hall–Kier alpha value is -3.21. The van der Waals surface area contributed by atoms with Gasteiger partial charge in [0.25, 0.3) is 5.56 Å². The number of aromatic nitrogens is 2. The molecule has 2 aromatic carbocycles. The molecule has 34 heavy (non-hydrogen) atoms. The van der Waals surface area contributed by atoms with E-state index in [0.29, 0.717) is 41.4 Å². The van der Waals surface area contributed by atoms with Crippen molar-refractivity contribution < 1.29 is 17.9 Å². The average molecular weight is 542 g/mol. The van der Waals surface area contributed by atoms with Crippen LogP contribution in [0.3, 0.4) is 0 Å². The molecule has 174 valence electrons. The van der Waals surface area contributed by atoms with Crippen molar-refractivity contribution in [3.8, 4) is 11.5 Å². The molecule has 0 aliphatic carbocycles. The Kier molecular flexibility index (Phi) is 6.11. The average Bonchev–Trinajstić information content (AvgIpc) is 2.84. The number of ether oxygens (including phenoxy) is 2. The van der Waals surface area contributed by atoms with Gasteiger partial charge >= 0.3 is 0 Å². The van der Waals surface area contributed by atoms with E-state index in [-0.39, 0.29) is 23.5 Å². The molecule has 4 aromatic rings. The molecule has 0 saturated carbocycles. The molecule has 1 aliphatic heterocycles. The third-order valence-corrected chi connectivity index (χ3v) is 7.80. The number of halogens is 1. The first kappa shape index (κ1) is 22.6. The number of nitrogens with zero attached hydrogens (tertiary/aromatic N) is 2. The number of pyridine rings is 2. The molecule has 8 nitrogen and oxygen atoms in total. The van der Waals surface area contributed by atoms with Crippen molar-refractivity contribution in [3.63, 3.8) is 0 Å². The summed E-state index contributed by atoms with van der Waals surface area (Å²) in [7, 11) is -3.91. The molecule has 0 atom stereocenters. The molecule has 0 unspecified atom stereocenters. The van der Waals surface area contributed by atoms with Crippen molar-refractivity contribution in [3.05, 3.63) is 92.9 Å². The first-order valence-corrected chi connectivity index (χ1v) is 12.7. The van der Waals surface area contributed by atoms with Gasteiger partial charge in [0.2, 0.25) is 10.0 Å². The van der Waals surface area contributed by atoms with Crippen LogP contribution in [0.2, 0.25) is 0 Å². The highest BCUT2D eigenvalue weighted by Crippen LogP contribution is 2.34. The summed E-state index contributed by atoms with van der Waals surface area (Å²) in [6, 6.07) is 15.2. The summed E-state index contributed by atoms with van der Waals surface area (Å²) >= 11 is 3.33. The van der Waals surface area contributed by atoms with Gasteiger partial charge in [0.05, 0.1) is 10.4 Å². The van der Waals surface area contributed by atoms with Crippen LogP contribution < -0.4 is 15.0 Å². The third kappa shape index (κ3) is 4.56. The Labute approximate surface area is 204 Å². The topological polar surface area (TPSA) is 102 Å². The standard InChI is InChI=1S/C24H20BrN3O5S/c25-19-3-5-20(6-4-19)34(30,31)28(14-16-2-1-7-26-13-16)15-18-10-17-11-22-23(33-9-8-32-22)12-21(17)27-24(18)29/h1-7,10-13H,8-9,14-15H2,(H,27,29). The van der Waals surface area contributed by atoms with E-state index in [9.17, 15) is 13.2 Å². The number of rotatable bonds is 6. The van der Waals surface area contributed by atoms with Crippen LogP contribution in [0.15, 0.2) is 81.2 Å². The highest BCUT2D eigenvalue weighted by Gasteiger charge is 2.26. The molecule has 0 radical (unpaired) electrons. The maximum absolute atomic E-state index is 13.6. The fourth-order valence-electron chi connectivity index (χ4n) is 3.77. The van der Waals surface area contributed by atoms with E-state index >= 15 is 0 Å². The minimum Gasteiger partial charge on any atom is -0.486 e. The summed E-state index contributed by atoms with van der Waals surface area (Å²) in [5, 5.41) is 0.723. The number of H-pyrrole nitrogens is 1. The minimum atomic E-state index is -3.91. The fraction of sp³-hybridized carbons (Fsp3) is 0.167. The van der Waals surface area contributed by atoms with Gasteiger partial charge in [-0.15, -0.1) is 0 Å². The predicted octanol–water partition coefficient (Wildman–Crippen LogP) is 3.85. The number of aromatic amines is 1. The normalized spacial score (nSPS) is 13.4. The van der Waals surface area contributed by atoms with E-state index in [1.807, 2.05) is 0 Å². The lowest BCUT2D eigenvalue weighted by atomic mass is 10.1. The number of sulfonamides is 1. The molecular weight excluding hydrogens is 522 g/mol. The summed E-state index contributed by atoms with van der Waals surface area (Å²) in [5.74, 6) is 1.16. The highest BCUT2D eigenvalue weighted by atomic mass is 79.9. The molecule has 0 amide bonds. The van der Waals surface area contributed by atoms with E-state index in [1.54, 1.807) is 54.9 Å². The summed E-state index contributed by atoms with van der Waals surface area (Å²) in [6.45, 7) is 0.828. The molecule has 0 spiro atoms. The van der Waals surface area contributed by atoms with E-state index in [1.165, 1.54) is 16.4 Å². The zero-order valence-corrected chi connectivity index (χ0v) is 20.3. The first-order valence-electron chi connectivity index (χ1n) is 10.5. The van der Waals surface area contributed by atoms with E-state index < -0.39 is 10.0 Å². The lowest BCUT2D eigenvalue weighted by Gasteiger charge is -2.23. The lowest BCUT2D eigenvalue weighted by molar-refractivity contribution is 0.172. The smallest absolute Gasteiger partial charge is 0.252 e. The van der Waals surface area contributed by atoms with Crippen LogP contribution in [-0.4, -0.2) is 35.9 Å². The van der Waals surface area contributed by atoms with Crippen LogP contribution >= 0.6 is 15.9 Å². The molecule has 0 saturated heterocycles. The number of nitrogens with one attached hydrogen (secondary N) is 1. The van der Waals surface area contributed by atoms with Gasteiger partial charge in [-0.2, -0.15) is 4.31 Å². The second kappa shape index (κ2) is 9.21. The Morgan fingerprint density at radius 3 is 2.44 bits per heavy atom. The Balaban J connectivity index is 1.55. The zero-order valence-electron chi connectivity index (χ0n) is 17.9. The van der Waals surface area contributed by atoms with Gasteiger partial charge in [-0.25, -0.2) is 8.42 Å². The van der Waals surface area contributed by atoms with Gasteiger partial charge in [0.1, 0.15) is 13.2 Å². The summed E-state index contributed by atoms with van der Waals surface area (Å²) in [5.41, 5.74) is 1.24. The van der Waals surface area contributed by atoms with Gasteiger partial charge in [-0.1, -0.05) is 22.0 Å². The number of benzene rings is 2. The quantitative estimate of drug-likeness (QED) is 0.397. The SMILES string of the molecule is O=c1[nH]c2cc3c(cc2cc1CN(Cc1cccnc1)S(=O)(=O)c1ccc(Br)cc1)OCCO3. The second-order valence-electron chi connectivity index (χ2n) is 7.80. The Bertz CT molecular complexity index is 1510. The van der Waals surface area contributed by atoms with Crippen molar-refractivity contribution in [2.75, 3.05) is 13.2 Å². The molecular formula is C24H20BrN3O5S. The monoisotopic (exact) mass is 541 g/mol. The second-order valence-corrected chi connectivity index (χ2v) is 10.6. The predicted molar refractivity (Wildman–Crippen MR) is 130 cm³/mol. The highest BCUT2D eigenvalue weighted by molar-refractivity contribution is 9.10. The van der Waals surface area contributed by atoms with Crippen LogP contribution in [0, 0.1) is 0 Å².